The van der Waals surface area contributed by atoms with E-state index in [1.54, 1.807) is 6.07 Å². The molecule has 5 heteroatoms. The van der Waals surface area contributed by atoms with Gasteiger partial charge < -0.3 is 14.8 Å². The number of carbonyl (C=O) groups excluding carboxylic acids is 1. The molecule has 1 N–H and O–H groups in total. The average molecular weight is 278 g/mol. The van der Waals surface area contributed by atoms with Crippen molar-refractivity contribution in [2.75, 3.05) is 26.4 Å². The molecule has 2 rings (SSSR count). The Morgan fingerprint density at radius 3 is 3.20 bits per heavy atom. The molecule has 0 bridgehead atoms. The van der Waals surface area contributed by atoms with Crippen LogP contribution in [0.25, 0.3) is 0 Å². The highest BCUT2D eigenvalue weighted by Gasteiger charge is 2.14. The number of aromatic nitrogens is 1. The van der Waals surface area contributed by atoms with Crippen molar-refractivity contribution < 1.29 is 14.3 Å². The minimum absolute atomic E-state index is 0.132. The maximum atomic E-state index is 11.8. The number of amides is 1. The molecule has 0 saturated carbocycles. The molecule has 1 aromatic rings. The van der Waals surface area contributed by atoms with Crippen LogP contribution in [0, 0.1) is 6.92 Å². The summed E-state index contributed by atoms with van der Waals surface area (Å²) in [6.07, 6.45) is 3.29. The van der Waals surface area contributed by atoms with E-state index in [1.165, 1.54) is 0 Å². The Morgan fingerprint density at radius 2 is 2.45 bits per heavy atom. The Bertz CT molecular complexity index is 431. The third-order valence-corrected chi connectivity index (χ3v) is 3.20. The predicted molar refractivity (Wildman–Crippen MR) is 75.7 cm³/mol. The summed E-state index contributed by atoms with van der Waals surface area (Å²) in [5.74, 6) is -0.132. The number of rotatable bonds is 7. The topological polar surface area (TPSA) is 60.5 Å². The molecule has 1 aliphatic heterocycles. The van der Waals surface area contributed by atoms with E-state index in [4.69, 9.17) is 9.47 Å². The van der Waals surface area contributed by atoms with Gasteiger partial charge in [-0.25, -0.2) is 4.98 Å². The van der Waals surface area contributed by atoms with Crippen molar-refractivity contribution in [3.8, 4) is 0 Å². The van der Waals surface area contributed by atoms with Gasteiger partial charge in [-0.05, 0) is 38.3 Å². The normalized spacial score (nSPS) is 18.1. The van der Waals surface area contributed by atoms with Crippen molar-refractivity contribution in [1.82, 2.24) is 10.3 Å². The minimum Gasteiger partial charge on any atom is -0.379 e. The molecule has 20 heavy (non-hydrogen) atoms. The summed E-state index contributed by atoms with van der Waals surface area (Å²) in [5, 5.41) is 2.84. The van der Waals surface area contributed by atoms with Crippen LogP contribution in [0.5, 0.6) is 0 Å². The Hall–Kier alpha value is -1.46. The maximum Gasteiger partial charge on any atom is 0.269 e. The van der Waals surface area contributed by atoms with Gasteiger partial charge in [0.2, 0.25) is 0 Å². The van der Waals surface area contributed by atoms with Gasteiger partial charge in [0.1, 0.15) is 5.69 Å². The van der Waals surface area contributed by atoms with Gasteiger partial charge in [-0.2, -0.15) is 0 Å². The van der Waals surface area contributed by atoms with Crippen molar-refractivity contribution in [1.29, 1.82) is 0 Å². The van der Waals surface area contributed by atoms with Crippen molar-refractivity contribution in [2.24, 2.45) is 0 Å². The average Bonchev–Trinajstić information content (AvgIpc) is 2.95. The molecule has 1 unspecified atom stereocenters. The number of hydrogen-bond acceptors (Lipinski definition) is 4. The zero-order valence-corrected chi connectivity index (χ0v) is 11.9. The molecule has 110 valence electrons. The first-order valence-electron chi connectivity index (χ1n) is 7.17. The van der Waals surface area contributed by atoms with Gasteiger partial charge in [-0.15, -0.1) is 0 Å². The van der Waals surface area contributed by atoms with Gasteiger partial charge in [0.05, 0.1) is 12.7 Å². The molecule has 1 aromatic heterocycles. The molecule has 1 fully saturated rings. The van der Waals surface area contributed by atoms with Gasteiger partial charge in [0.25, 0.3) is 5.91 Å². The molecule has 1 atom stereocenters. The molecule has 1 saturated heterocycles. The van der Waals surface area contributed by atoms with Crippen LogP contribution in [0.1, 0.15) is 35.4 Å². The van der Waals surface area contributed by atoms with Crippen LogP contribution < -0.4 is 5.32 Å². The quantitative estimate of drug-likeness (QED) is 0.771. The van der Waals surface area contributed by atoms with Crippen molar-refractivity contribution in [2.45, 2.75) is 32.3 Å². The van der Waals surface area contributed by atoms with Crippen LogP contribution in [0.4, 0.5) is 0 Å². The Morgan fingerprint density at radius 1 is 1.55 bits per heavy atom. The van der Waals surface area contributed by atoms with E-state index in [1.807, 2.05) is 19.1 Å². The van der Waals surface area contributed by atoms with E-state index in [2.05, 4.69) is 10.3 Å². The van der Waals surface area contributed by atoms with Gasteiger partial charge in [0.15, 0.2) is 0 Å². The van der Waals surface area contributed by atoms with E-state index in [-0.39, 0.29) is 12.0 Å². The zero-order chi connectivity index (χ0) is 14.2. The number of pyridine rings is 1. The lowest BCUT2D eigenvalue weighted by molar-refractivity contribution is 0.0166. The lowest BCUT2D eigenvalue weighted by Gasteiger charge is -2.10. The second-order valence-corrected chi connectivity index (χ2v) is 4.98. The summed E-state index contributed by atoms with van der Waals surface area (Å²) in [6, 6.07) is 5.42. The molecule has 0 spiro atoms. The maximum absolute atomic E-state index is 11.8. The highest BCUT2D eigenvalue weighted by molar-refractivity contribution is 5.92. The van der Waals surface area contributed by atoms with Crippen molar-refractivity contribution in [3.63, 3.8) is 0 Å². The van der Waals surface area contributed by atoms with E-state index < -0.39 is 0 Å². The lowest BCUT2D eigenvalue weighted by atomic mass is 10.2. The highest BCUT2D eigenvalue weighted by Crippen LogP contribution is 2.11. The molecule has 0 aromatic carbocycles. The first-order chi connectivity index (χ1) is 9.75. The van der Waals surface area contributed by atoms with E-state index >= 15 is 0 Å². The number of ether oxygens (including phenoxy) is 2. The molecule has 5 nitrogen and oxygen atoms in total. The monoisotopic (exact) mass is 278 g/mol. The largest absolute Gasteiger partial charge is 0.379 e. The summed E-state index contributed by atoms with van der Waals surface area (Å²) in [6.45, 7) is 4.62. The molecule has 0 aliphatic carbocycles. The Balaban J connectivity index is 1.55. The SMILES string of the molecule is Cc1cccc(C(=O)NCCCOCC2CCCO2)n1. The number of hydrogen-bond donors (Lipinski definition) is 1. The van der Waals surface area contributed by atoms with Gasteiger partial charge in [0, 0.05) is 25.5 Å². The zero-order valence-electron chi connectivity index (χ0n) is 11.9. The summed E-state index contributed by atoms with van der Waals surface area (Å²) in [4.78, 5) is 16.0. The molecule has 2 heterocycles. The van der Waals surface area contributed by atoms with Crippen molar-refractivity contribution in [3.05, 3.63) is 29.6 Å². The van der Waals surface area contributed by atoms with Crippen LogP contribution >= 0.6 is 0 Å². The summed E-state index contributed by atoms with van der Waals surface area (Å²) in [5.41, 5.74) is 1.31. The highest BCUT2D eigenvalue weighted by atomic mass is 16.5. The summed E-state index contributed by atoms with van der Waals surface area (Å²) in [7, 11) is 0. The minimum atomic E-state index is -0.132. The Kier molecular flexibility index (Phi) is 5.95. The molecular weight excluding hydrogens is 256 g/mol. The third kappa shape index (κ3) is 4.90. The first-order valence-corrected chi connectivity index (χ1v) is 7.17. The molecule has 1 aliphatic rings. The van der Waals surface area contributed by atoms with Crippen LogP contribution in [0.15, 0.2) is 18.2 Å². The Labute approximate surface area is 119 Å². The summed E-state index contributed by atoms with van der Waals surface area (Å²) >= 11 is 0. The van der Waals surface area contributed by atoms with Gasteiger partial charge in [-0.3, -0.25) is 4.79 Å². The molecular formula is C15H22N2O3. The number of carbonyl (C=O) groups is 1. The van der Waals surface area contributed by atoms with Crippen LogP contribution in [-0.2, 0) is 9.47 Å². The fourth-order valence-electron chi connectivity index (χ4n) is 2.13. The number of aryl methyl sites for hydroxylation is 1. The predicted octanol–water partition coefficient (Wildman–Crippen LogP) is 1.71. The molecule has 1 amide bonds. The van der Waals surface area contributed by atoms with Crippen molar-refractivity contribution >= 4 is 5.91 Å². The lowest BCUT2D eigenvalue weighted by Crippen LogP contribution is -2.26. The van der Waals surface area contributed by atoms with Crippen LogP contribution in [0.2, 0.25) is 0 Å². The second-order valence-electron chi connectivity index (χ2n) is 4.98. The fourth-order valence-corrected chi connectivity index (χ4v) is 2.13. The van der Waals surface area contributed by atoms with E-state index in [0.29, 0.717) is 25.5 Å². The van der Waals surface area contributed by atoms with Crippen LogP contribution in [-0.4, -0.2) is 43.4 Å². The van der Waals surface area contributed by atoms with Gasteiger partial charge in [-0.1, -0.05) is 6.07 Å². The number of nitrogens with zero attached hydrogens (tertiary/aromatic N) is 1. The third-order valence-electron chi connectivity index (χ3n) is 3.20. The van der Waals surface area contributed by atoms with Gasteiger partial charge >= 0.3 is 0 Å². The first kappa shape index (κ1) is 14.9. The van der Waals surface area contributed by atoms with Crippen LogP contribution in [0.3, 0.4) is 0 Å². The fraction of sp³-hybridized carbons (Fsp3) is 0.600. The summed E-state index contributed by atoms with van der Waals surface area (Å²) < 4.78 is 11.0. The van der Waals surface area contributed by atoms with E-state index in [9.17, 15) is 4.79 Å². The van der Waals surface area contributed by atoms with E-state index in [0.717, 1.165) is 31.6 Å². The number of nitrogens with one attached hydrogen (secondary N) is 1. The molecule has 0 radical (unpaired) electrons. The second kappa shape index (κ2) is 7.97. The standard InChI is InChI=1S/C15H22N2O3/c1-12-5-2-7-14(17-12)15(18)16-8-4-9-19-11-13-6-3-10-20-13/h2,5,7,13H,3-4,6,8-11H2,1H3,(H,16,18). The smallest absolute Gasteiger partial charge is 0.269 e.